The number of benzene rings is 2. The van der Waals surface area contributed by atoms with Gasteiger partial charge in [0.1, 0.15) is 0 Å². The van der Waals surface area contributed by atoms with Crippen molar-refractivity contribution >= 4 is 23.5 Å². The maximum Gasteiger partial charge on any atom is 0.254 e. The molecule has 26 heavy (non-hydrogen) atoms. The van der Waals surface area contributed by atoms with Crippen LogP contribution >= 0.6 is 11.6 Å². The highest BCUT2D eigenvalue weighted by atomic mass is 35.5. The van der Waals surface area contributed by atoms with Gasteiger partial charge in [-0.2, -0.15) is 0 Å². The largest absolute Gasteiger partial charge is 0.350 e. The Morgan fingerprint density at radius 1 is 1.00 bits per heavy atom. The van der Waals surface area contributed by atoms with Crippen LogP contribution < -0.4 is 10.6 Å². The second kappa shape index (κ2) is 8.45. The van der Waals surface area contributed by atoms with E-state index in [4.69, 9.17) is 11.6 Å². The smallest absolute Gasteiger partial charge is 0.254 e. The van der Waals surface area contributed by atoms with Gasteiger partial charge in [-0.25, -0.2) is 9.97 Å². The standard InChI is InChI=1S/C20H19ClN4O/c1-14-3-2-4-16(9-14)11-23-20-24-12-17(13-25-20)19(26)22-10-15-5-7-18(21)8-6-15/h2-9,12-13H,10-11H2,1H3,(H,22,26)(H,23,24,25). The van der Waals surface area contributed by atoms with Crippen molar-refractivity contribution in [3.63, 3.8) is 0 Å². The van der Waals surface area contributed by atoms with E-state index in [0.717, 1.165) is 11.1 Å². The van der Waals surface area contributed by atoms with Crippen LogP contribution in [-0.2, 0) is 13.1 Å². The third kappa shape index (κ3) is 5.04. The summed E-state index contributed by atoms with van der Waals surface area (Å²) >= 11 is 5.85. The van der Waals surface area contributed by atoms with Gasteiger partial charge in [-0.15, -0.1) is 0 Å². The summed E-state index contributed by atoms with van der Waals surface area (Å²) in [6.07, 6.45) is 3.03. The lowest BCUT2D eigenvalue weighted by atomic mass is 10.1. The number of carbonyl (C=O) groups excluding carboxylic acids is 1. The first-order chi connectivity index (χ1) is 12.6. The van der Waals surface area contributed by atoms with E-state index in [2.05, 4.69) is 39.7 Å². The van der Waals surface area contributed by atoms with E-state index in [0.29, 0.717) is 29.6 Å². The molecule has 5 nitrogen and oxygen atoms in total. The Balaban J connectivity index is 1.53. The highest BCUT2D eigenvalue weighted by Gasteiger charge is 2.07. The van der Waals surface area contributed by atoms with Crippen molar-refractivity contribution in [2.45, 2.75) is 20.0 Å². The molecule has 0 fully saturated rings. The first kappa shape index (κ1) is 17.9. The van der Waals surface area contributed by atoms with E-state index in [1.54, 1.807) is 12.1 Å². The number of halogens is 1. The molecule has 6 heteroatoms. The first-order valence-corrected chi connectivity index (χ1v) is 8.62. The van der Waals surface area contributed by atoms with E-state index in [1.807, 2.05) is 24.3 Å². The Labute approximate surface area is 157 Å². The Hall–Kier alpha value is -2.92. The van der Waals surface area contributed by atoms with Crippen molar-refractivity contribution in [3.05, 3.63) is 88.2 Å². The molecule has 0 spiro atoms. The van der Waals surface area contributed by atoms with Crippen molar-refractivity contribution in [1.82, 2.24) is 15.3 Å². The molecule has 0 unspecified atom stereocenters. The second-order valence-corrected chi connectivity index (χ2v) is 6.38. The molecule has 132 valence electrons. The molecule has 1 heterocycles. The number of aromatic nitrogens is 2. The number of hydrogen-bond acceptors (Lipinski definition) is 4. The third-order valence-corrected chi connectivity index (χ3v) is 4.07. The van der Waals surface area contributed by atoms with Gasteiger partial charge in [-0.3, -0.25) is 4.79 Å². The molecule has 2 aromatic carbocycles. The number of nitrogens with one attached hydrogen (secondary N) is 2. The summed E-state index contributed by atoms with van der Waals surface area (Å²) < 4.78 is 0. The van der Waals surface area contributed by atoms with Gasteiger partial charge in [0.15, 0.2) is 0 Å². The average Bonchev–Trinajstić information content (AvgIpc) is 2.66. The predicted octanol–water partition coefficient (Wildman–Crippen LogP) is 3.98. The molecule has 0 bridgehead atoms. The molecule has 0 radical (unpaired) electrons. The number of anilines is 1. The van der Waals surface area contributed by atoms with Gasteiger partial charge in [0.25, 0.3) is 5.91 Å². The summed E-state index contributed by atoms with van der Waals surface area (Å²) in [4.78, 5) is 20.6. The van der Waals surface area contributed by atoms with E-state index in [9.17, 15) is 4.79 Å². The second-order valence-electron chi connectivity index (χ2n) is 5.95. The SMILES string of the molecule is Cc1cccc(CNc2ncc(C(=O)NCc3ccc(Cl)cc3)cn2)c1. The van der Waals surface area contributed by atoms with Crippen molar-refractivity contribution in [3.8, 4) is 0 Å². The van der Waals surface area contributed by atoms with Gasteiger partial charge >= 0.3 is 0 Å². The summed E-state index contributed by atoms with van der Waals surface area (Å²) in [6, 6.07) is 15.5. The fraction of sp³-hybridized carbons (Fsp3) is 0.150. The highest BCUT2D eigenvalue weighted by Crippen LogP contribution is 2.10. The van der Waals surface area contributed by atoms with Crippen LogP contribution in [0.25, 0.3) is 0 Å². The van der Waals surface area contributed by atoms with Crippen LogP contribution in [0, 0.1) is 6.92 Å². The monoisotopic (exact) mass is 366 g/mol. The Morgan fingerprint density at radius 3 is 2.42 bits per heavy atom. The molecule has 3 aromatic rings. The van der Waals surface area contributed by atoms with Crippen LogP contribution in [0.4, 0.5) is 5.95 Å². The normalized spacial score (nSPS) is 10.4. The molecule has 2 N–H and O–H groups in total. The van der Waals surface area contributed by atoms with E-state index < -0.39 is 0 Å². The van der Waals surface area contributed by atoms with Crippen molar-refractivity contribution in [1.29, 1.82) is 0 Å². The van der Waals surface area contributed by atoms with Crippen LogP contribution in [0.3, 0.4) is 0 Å². The Kier molecular flexibility index (Phi) is 5.81. The average molecular weight is 367 g/mol. The van der Waals surface area contributed by atoms with Gasteiger partial charge in [0, 0.05) is 30.5 Å². The summed E-state index contributed by atoms with van der Waals surface area (Å²) in [5, 5.41) is 6.66. The molecule has 0 aliphatic heterocycles. The van der Waals surface area contributed by atoms with Crippen LogP contribution in [0.15, 0.2) is 60.9 Å². The zero-order valence-corrected chi connectivity index (χ0v) is 15.1. The van der Waals surface area contributed by atoms with E-state index in [1.165, 1.54) is 18.0 Å². The summed E-state index contributed by atoms with van der Waals surface area (Å²) in [7, 11) is 0. The van der Waals surface area contributed by atoms with Crippen LogP contribution in [0.5, 0.6) is 0 Å². The van der Waals surface area contributed by atoms with Gasteiger partial charge < -0.3 is 10.6 Å². The third-order valence-electron chi connectivity index (χ3n) is 3.81. The summed E-state index contributed by atoms with van der Waals surface area (Å²) in [6.45, 7) is 3.10. The lowest BCUT2D eigenvalue weighted by Crippen LogP contribution is -2.23. The first-order valence-electron chi connectivity index (χ1n) is 8.24. The molecule has 0 atom stereocenters. The number of amides is 1. The molecular formula is C20H19ClN4O. The van der Waals surface area contributed by atoms with E-state index >= 15 is 0 Å². The number of carbonyl (C=O) groups is 1. The van der Waals surface area contributed by atoms with Gasteiger partial charge in [-0.05, 0) is 30.2 Å². The summed E-state index contributed by atoms with van der Waals surface area (Å²) in [5.41, 5.74) is 3.75. The molecule has 0 aliphatic rings. The molecule has 3 rings (SSSR count). The molecule has 0 aliphatic carbocycles. The topological polar surface area (TPSA) is 66.9 Å². The maximum absolute atomic E-state index is 12.2. The zero-order chi connectivity index (χ0) is 18.4. The minimum atomic E-state index is -0.217. The van der Waals surface area contributed by atoms with Gasteiger partial charge in [0.2, 0.25) is 5.95 Å². The maximum atomic E-state index is 12.2. The zero-order valence-electron chi connectivity index (χ0n) is 14.4. The minimum absolute atomic E-state index is 0.217. The molecule has 0 saturated carbocycles. The van der Waals surface area contributed by atoms with Crippen LogP contribution in [0.1, 0.15) is 27.0 Å². The lowest BCUT2D eigenvalue weighted by molar-refractivity contribution is 0.0950. The van der Waals surface area contributed by atoms with Crippen molar-refractivity contribution in [2.75, 3.05) is 5.32 Å². The molecule has 1 amide bonds. The van der Waals surface area contributed by atoms with E-state index in [-0.39, 0.29) is 5.91 Å². The minimum Gasteiger partial charge on any atom is -0.350 e. The number of nitrogens with zero attached hydrogens (tertiary/aromatic N) is 2. The molecule has 0 saturated heterocycles. The fourth-order valence-corrected chi connectivity index (χ4v) is 2.55. The number of rotatable bonds is 6. The van der Waals surface area contributed by atoms with Gasteiger partial charge in [0.05, 0.1) is 5.56 Å². The fourth-order valence-electron chi connectivity index (χ4n) is 2.43. The lowest BCUT2D eigenvalue weighted by Gasteiger charge is -2.07. The highest BCUT2D eigenvalue weighted by molar-refractivity contribution is 6.30. The van der Waals surface area contributed by atoms with Gasteiger partial charge in [-0.1, -0.05) is 53.6 Å². The number of aryl methyl sites for hydroxylation is 1. The predicted molar refractivity (Wildman–Crippen MR) is 103 cm³/mol. The summed E-state index contributed by atoms with van der Waals surface area (Å²) in [5.74, 6) is 0.269. The number of hydrogen-bond donors (Lipinski definition) is 2. The quantitative estimate of drug-likeness (QED) is 0.692. The molecule has 1 aromatic heterocycles. The van der Waals surface area contributed by atoms with Crippen LogP contribution in [-0.4, -0.2) is 15.9 Å². The Bertz CT molecular complexity index is 879. The van der Waals surface area contributed by atoms with Crippen molar-refractivity contribution < 1.29 is 4.79 Å². The Morgan fingerprint density at radius 2 is 1.73 bits per heavy atom. The van der Waals surface area contributed by atoms with Crippen LogP contribution in [0.2, 0.25) is 5.02 Å². The molecular weight excluding hydrogens is 348 g/mol. The van der Waals surface area contributed by atoms with Crippen molar-refractivity contribution in [2.24, 2.45) is 0 Å².